The zero-order valence-electron chi connectivity index (χ0n) is 12.7. The van der Waals surface area contributed by atoms with Crippen LogP contribution in [0.3, 0.4) is 0 Å². The summed E-state index contributed by atoms with van der Waals surface area (Å²) in [7, 11) is -9.34. The Balaban J connectivity index is 2.48. The van der Waals surface area contributed by atoms with E-state index in [1.165, 1.54) is 12.1 Å². The second-order valence-corrected chi connectivity index (χ2v) is 7.61. The Morgan fingerprint density at radius 1 is 0.692 bits per heavy atom. The average molecular weight is 398 g/mol. The summed E-state index contributed by atoms with van der Waals surface area (Å²) in [5.74, 6) is 0. The zero-order chi connectivity index (χ0) is 19.5. The van der Waals surface area contributed by atoms with Gasteiger partial charge in [0.05, 0.1) is 11.4 Å². The van der Waals surface area contributed by atoms with Crippen molar-refractivity contribution in [2.45, 2.75) is 9.79 Å². The van der Waals surface area contributed by atoms with E-state index >= 15 is 0 Å². The molecule has 2 N–H and O–H groups in total. The number of hydrogen-bond acceptors (Lipinski definition) is 8. The highest BCUT2D eigenvalue weighted by Crippen LogP contribution is 2.26. The molecule has 0 spiro atoms. The first kappa shape index (κ1) is 19.5. The van der Waals surface area contributed by atoms with Crippen LogP contribution in [0.1, 0.15) is 20.7 Å². The standard InChI is InChI=1S/C14H10N2O8S2/c17-7-9-1-3-11(5-13(9)25(19,20)21)15-16-12-4-2-10(8-18)14(6-12)26(22,23)24/h1-8H,(H,19,20,21)(H,22,23,24). The van der Waals surface area contributed by atoms with E-state index in [0.29, 0.717) is 0 Å². The molecule has 0 aromatic heterocycles. The SMILES string of the molecule is O=Cc1ccc(N=Nc2ccc(C=O)c(S(=O)(=O)O)c2)cc1S(=O)(=O)O. The van der Waals surface area contributed by atoms with Crippen LogP contribution in [-0.2, 0) is 20.2 Å². The molecule has 26 heavy (non-hydrogen) atoms. The van der Waals surface area contributed by atoms with Crippen LogP contribution < -0.4 is 0 Å². The first-order valence-corrected chi connectivity index (χ1v) is 9.49. The maximum Gasteiger partial charge on any atom is 0.295 e. The molecule has 0 aliphatic carbocycles. The Hall–Kier alpha value is -2.80. The van der Waals surface area contributed by atoms with E-state index in [0.717, 1.165) is 24.3 Å². The molecule has 0 radical (unpaired) electrons. The molecule has 0 saturated carbocycles. The number of rotatable bonds is 6. The van der Waals surface area contributed by atoms with Gasteiger partial charge in [-0.1, -0.05) is 0 Å². The lowest BCUT2D eigenvalue weighted by Gasteiger charge is -2.03. The number of carbonyl (C=O) groups excluding carboxylic acids is 2. The molecule has 2 aromatic rings. The van der Waals surface area contributed by atoms with E-state index < -0.39 is 30.0 Å². The highest BCUT2D eigenvalue weighted by atomic mass is 32.2. The summed E-state index contributed by atoms with van der Waals surface area (Å²) < 4.78 is 63.3. The molecule has 10 nitrogen and oxygen atoms in total. The normalized spacial score (nSPS) is 12.2. The predicted octanol–water partition coefficient (Wildman–Crippen LogP) is 2.22. The maximum absolute atomic E-state index is 11.3. The molecule has 0 bridgehead atoms. The minimum absolute atomic E-state index is 0.0592. The topological polar surface area (TPSA) is 168 Å². The smallest absolute Gasteiger partial charge is 0.295 e. The van der Waals surface area contributed by atoms with Gasteiger partial charge in [0.1, 0.15) is 9.79 Å². The Morgan fingerprint density at radius 3 is 1.31 bits per heavy atom. The summed E-state index contributed by atoms with van der Waals surface area (Å²) in [6, 6.07) is 6.47. The minimum atomic E-state index is -4.67. The summed E-state index contributed by atoms with van der Waals surface area (Å²) >= 11 is 0. The number of aldehydes is 2. The van der Waals surface area contributed by atoms with Crippen molar-refractivity contribution in [3.63, 3.8) is 0 Å². The van der Waals surface area contributed by atoms with Crippen molar-refractivity contribution in [2.75, 3.05) is 0 Å². The monoisotopic (exact) mass is 398 g/mol. The Morgan fingerprint density at radius 2 is 1.04 bits per heavy atom. The van der Waals surface area contributed by atoms with Crippen molar-refractivity contribution in [1.82, 2.24) is 0 Å². The van der Waals surface area contributed by atoms with Crippen molar-refractivity contribution in [3.8, 4) is 0 Å². The van der Waals surface area contributed by atoms with Crippen LogP contribution >= 0.6 is 0 Å². The molecule has 0 fully saturated rings. The second-order valence-electron chi connectivity index (χ2n) is 4.83. The first-order valence-electron chi connectivity index (χ1n) is 6.61. The number of azo groups is 1. The van der Waals surface area contributed by atoms with Crippen molar-refractivity contribution >= 4 is 44.2 Å². The maximum atomic E-state index is 11.3. The molecule has 136 valence electrons. The summed E-state index contributed by atoms with van der Waals surface area (Å²) in [5, 5.41) is 7.35. The molecule has 2 rings (SSSR count). The fraction of sp³-hybridized carbons (Fsp3) is 0. The van der Waals surface area contributed by atoms with Gasteiger partial charge >= 0.3 is 0 Å². The van der Waals surface area contributed by atoms with Crippen molar-refractivity contribution in [1.29, 1.82) is 0 Å². The molecule has 0 heterocycles. The molecule has 2 aromatic carbocycles. The minimum Gasteiger partial charge on any atom is -0.298 e. The van der Waals surface area contributed by atoms with Crippen LogP contribution in [0, 0.1) is 0 Å². The van der Waals surface area contributed by atoms with Crippen LogP contribution in [0.25, 0.3) is 0 Å². The van der Waals surface area contributed by atoms with Crippen LogP contribution in [0.5, 0.6) is 0 Å². The largest absolute Gasteiger partial charge is 0.298 e. The van der Waals surface area contributed by atoms with Gasteiger partial charge in [-0.15, -0.1) is 0 Å². The third kappa shape index (κ3) is 4.43. The van der Waals surface area contributed by atoms with E-state index in [1.54, 1.807) is 0 Å². The summed E-state index contributed by atoms with van der Waals surface area (Å²) in [6.45, 7) is 0. The van der Waals surface area contributed by atoms with Crippen LogP contribution in [0.4, 0.5) is 11.4 Å². The Labute approximate surface area is 147 Å². The van der Waals surface area contributed by atoms with Crippen LogP contribution in [0.15, 0.2) is 56.4 Å². The van der Waals surface area contributed by atoms with Crippen LogP contribution in [0.2, 0.25) is 0 Å². The first-order chi connectivity index (χ1) is 12.1. The van der Waals surface area contributed by atoms with Gasteiger partial charge in [0, 0.05) is 11.1 Å². The Kier molecular flexibility index (Phi) is 5.41. The Bertz CT molecular complexity index is 1030. The van der Waals surface area contributed by atoms with Gasteiger partial charge < -0.3 is 0 Å². The van der Waals surface area contributed by atoms with Gasteiger partial charge in [0.25, 0.3) is 20.2 Å². The van der Waals surface area contributed by atoms with E-state index in [2.05, 4.69) is 10.2 Å². The van der Waals surface area contributed by atoms with Crippen LogP contribution in [-0.4, -0.2) is 38.5 Å². The fourth-order valence-corrected chi connectivity index (χ4v) is 3.29. The summed E-state index contributed by atoms with van der Waals surface area (Å²) in [4.78, 5) is 20.3. The number of benzene rings is 2. The molecular weight excluding hydrogens is 388 g/mol. The third-order valence-electron chi connectivity index (χ3n) is 3.08. The quantitative estimate of drug-likeness (QED) is 0.424. The van der Waals surface area contributed by atoms with Gasteiger partial charge in [-0.3, -0.25) is 18.7 Å². The number of hydrogen-bond donors (Lipinski definition) is 2. The van der Waals surface area contributed by atoms with E-state index in [-0.39, 0.29) is 35.1 Å². The second kappa shape index (κ2) is 7.21. The van der Waals surface area contributed by atoms with Crippen molar-refractivity contribution in [3.05, 3.63) is 47.5 Å². The predicted molar refractivity (Wildman–Crippen MR) is 87.5 cm³/mol. The fourth-order valence-electron chi connectivity index (χ4n) is 1.93. The molecule has 0 atom stereocenters. The lowest BCUT2D eigenvalue weighted by Crippen LogP contribution is -2.02. The lowest BCUT2D eigenvalue weighted by molar-refractivity contribution is 0.111. The molecule has 0 unspecified atom stereocenters. The summed E-state index contributed by atoms with van der Waals surface area (Å²) in [5.41, 5.74) is -0.682. The van der Waals surface area contributed by atoms with Gasteiger partial charge in [-0.2, -0.15) is 27.1 Å². The lowest BCUT2D eigenvalue weighted by atomic mass is 10.2. The third-order valence-corrected chi connectivity index (χ3v) is 4.90. The molecule has 0 aliphatic rings. The molecular formula is C14H10N2O8S2. The molecule has 0 saturated heterocycles. The van der Waals surface area contributed by atoms with Gasteiger partial charge in [-0.25, -0.2) is 0 Å². The highest BCUT2D eigenvalue weighted by molar-refractivity contribution is 7.86. The molecule has 12 heteroatoms. The highest BCUT2D eigenvalue weighted by Gasteiger charge is 2.17. The number of nitrogens with zero attached hydrogens (tertiary/aromatic N) is 2. The number of carbonyl (C=O) groups is 2. The van der Waals surface area contributed by atoms with Crippen molar-refractivity contribution < 1.29 is 35.5 Å². The summed E-state index contributed by atoms with van der Waals surface area (Å²) in [6.07, 6.45) is 0.473. The molecule has 0 amide bonds. The molecule has 0 aliphatic heterocycles. The zero-order valence-corrected chi connectivity index (χ0v) is 14.3. The van der Waals surface area contributed by atoms with Crippen molar-refractivity contribution in [2.24, 2.45) is 10.2 Å². The van der Waals surface area contributed by atoms with E-state index in [9.17, 15) is 26.4 Å². The van der Waals surface area contributed by atoms with Gasteiger partial charge in [0.15, 0.2) is 12.6 Å². The van der Waals surface area contributed by atoms with E-state index in [1.807, 2.05) is 0 Å². The average Bonchev–Trinajstić information content (AvgIpc) is 2.58. The van der Waals surface area contributed by atoms with Gasteiger partial charge in [-0.05, 0) is 36.4 Å². The van der Waals surface area contributed by atoms with E-state index in [4.69, 9.17) is 9.11 Å². The van der Waals surface area contributed by atoms with Gasteiger partial charge in [0.2, 0.25) is 0 Å².